The Morgan fingerprint density at radius 1 is 1.26 bits per heavy atom. The highest BCUT2D eigenvalue weighted by molar-refractivity contribution is 5.78. The van der Waals surface area contributed by atoms with Crippen molar-refractivity contribution in [1.82, 2.24) is 5.32 Å². The van der Waals surface area contributed by atoms with Crippen molar-refractivity contribution in [3.8, 4) is 5.75 Å². The van der Waals surface area contributed by atoms with Gasteiger partial charge < -0.3 is 10.1 Å². The fourth-order valence-electron chi connectivity index (χ4n) is 2.74. The number of nitrogens with one attached hydrogen (secondary N) is 1. The van der Waals surface area contributed by atoms with Gasteiger partial charge in [0.05, 0.1) is 7.11 Å². The minimum atomic E-state index is 0.231. The lowest BCUT2D eigenvalue weighted by Crippen LogP contribution is -2.33. The minimum Gasteiger partial charge on any atom is -0.496 e. The van der Waals surface area contributed by atoms with Gasteiger partial charge in [-0.15, -0.1) is 0 Å². The summed E-state index contributed by atoms with van der Waals surface area (Å²) in [4.78, 5) is 12.0. The summed E-state index contributed by atoms with van der Waals surface area (Å²) in [7, 11) is 1.68. The number of benzene rings is 1. The molecule has 1 fully saturated rings. The molecule has 0 saturated heterocycles. The zero-order chi connectivity index (χ0) is 13.5. The summed E-state index contributed by atoms with van der Waals surface area (Å²) in [5, 5.41) is 3.06. The van der Waals surface area contributed by atoms with Crippen molar-refractivity contribution < 1.29 is 9.53 Å². The van der Waals surface area contributed by atoms with Gasteiger partial charge in [-0.2, -0.15) is 0 Å². The van der Waals surface area contributed by atoms with Gasteiger partial charge in [0.25, 0.3) is 0 Å². The zero-order valence-electron chi connectivity index (χ0n) is 11.7. The topological polar surface area (TPSA) is 38.3 Å². The number of amides is 1. The molecule has 0 bridgehead atoms. The van der Waals surface area contributed by atoms with Crippen molar-refractivity contribution in [2.24, 2.45) is 5.92 Å². The van der Waals surface area contributed by atoms with Gasteiger partial charge in [0.2, 0.25) is 5.91 Å². The van der Waals surface area contributed by atoms with E-state index < -0.39 is 0 Å². The lowest BCUT2D eigenvalue weighted by atomic mass is 9.88. The van der Waals surface area contributed by atoms with Gasteiger partial charge in [0.15, 0.2) is 0 Å². The van der Waals surface area contributed by atoms with E-state index >= 15 is 0 Å². The van der Waals surface area contributed by atoms with E-state index in [1.165, 1.54) is 19.3 Å². The van der Waals surface area contributed by atoms with Crippen LogP contribution < -0.4 is 10.1 Å². The third-order valence-electron chi connectivity index (χ3n) is 3.86. The Bertz CT molecular complexity index is 411. The van der Waals surface area contributed by atoms with Crippen molar-refractivity contribution >= 4 is 5.91 Å². The van der Waals surface area contributed by atoms with Crippen LogP contribution in [0.2, 0.25) is 0 Å². The summed E-state index contributed by atoms with van der Waals surface area (Å²) in [5.41, 5.74) is 1.15. The van der Waals surface area contributed by atoms with E-state index in [-0.39, 0.29) is 11.8 Å². The average molecular weight is 261 g/mol. The van der Waals surface area contributed by atoms with Crippen LogP contribution in [0.4, 0.5) is 0 Å². The predicted octanol–water partition coefficient (Wildman–Crippen LogP) is 2.93. The fraction of sp³-hybridized carbons (Fsp3) is 0.562. The van der Waals surface area contributed by atoms with Crippen LogP contribution >= 0.6 is 0 Å². The first-order chi connectivity index (χ1) is 9.31. The van der Waals surface area contributed by atoms with Gasteiger partial charge in [-0.1, -0.05) is 37.5 Å². The molecular weight excluding hydrogens is 238 g/mol. The molecule has 0 aliphatic heterocycles. The number of carbonyl (C=O) groups excluding carboxylic acids is 1. The molecule has 3 heteroatoms. The summed E-state index contributed by atoms with van der Waals surface area (Å²) in [6, 6.07) is 7.97. The smallest absolute Gasteiger partial charge is 0.223 e. The van der Waals surface area contributed by atoms with Gasteiger partial charge in [-0.05, 0) is 30.9 Å². The van der Waals surface area contributed by atoms with Gasteiger partial charge in [0.1, 0.15) is 5.75 Å². The maximum Gasteiger partial charge on any atom is 0.223 e. The van der Waals surface area contributed by atoms with E-state index in [2.05, 4.69) is 5.32 Å². The summed E-state index contributed by atoms with van der Waals surface area (Å²) in [5.74, 6) is 1.37. The van der Waals surface area contributed by atoms with E-state index in [9.17, 15) is 4.79 Å². The second-order valence-electron chi connectivity index (χ2n) is 5.19. The Labute approximate surface area is 115 Å². The molecule has 0 spiro atoms. The van der Waals surface area contributed by atoms with E-state index in [1.54, 1.807) is 7.11 Å². The van der Waals surface area contributed by atoms with Crippen LogP contribution in [0.25, 0.3) is 0 Å². The lowest BCUT2D eigenvalue weighted by Gasteiger charge is -2.20. The maximum atomic E-state index is 12.0. The molecule has 1 aliphatic carbocycles. The highest BCUT2D eigenvalue weighted by atomic mass is 16.5. The molecule has 104 valence electrons. The molecule has 1 aromatic carbocycles. The standard InChI is InChI=1S/C16H23NO2/c1-19-15-10-6-5-7-13(15)11-12-17-16(18)14-8-3-2-4-9-14/h5-7,10,14H,2-4,8-9,11-12H2,1H3,(H,17,18). The van der Waals surface area contributed by atoms with Crippen LogP contribution in [0.5, 0.6) is 5.75 Å². The molecule has 1 saturated carbocycles. The average Bonchev–Trinajstić information content (AvgIpc) is 2.48. The molecule has 0 radical (unpaired) electrons. The largest absolute Gasteiger partial charge is 0.496 e. The Hall–Kier alpha value is -1.51. The van der Waals surface area contributed by atoms with Crippen molar-refractivity contribution in [3.05, 3.63) is 29.8 Å². The summed E-state index contributed by atoms with van der Waals surface area (Å²) < 4.78 is 5.31. The number of para-hydroxylation sites is 1. The molecular formula is C16H23NO2. The van der Waals surface area contributed by atoms with Crippen molar-refractivity contribution in [2.45, 2.75) is 38.5 Å². The number of carbonyl (C=O) groups is 1. The quantitative estimate of drug-likeness (QED) is 0.885. The maximum absolute atomic E-state index is 12.0. The first kappa shape index (κ1) is 13.9. The highest BCUT2D eigenvalue weighted by Gasteiger charge is 2.20. The van der Waals surface area contributed by atoms with E-state index in [0.29, 0.717) is 6.54 Å². The normalized spacial score (nSPS) is 16.1. The van der Waals surface area contributed by atoms with Crippen LogP contribution in [0.1, 0.15) is 37.7 Å². The molecule has 1 aromatic rings. The van der Waals surface area contributed by atoms with Crippen molar-refractivity contribution in [1.29, 1.82) is 0 Å². The second kappa shape index (κ2) is 7.17. The molecule has 0 unspecified atom stereocenters. The Morgan fingerprint density at radius 3 is 2.74 bits per heavy atom. The zero-order valence-corrected chi connectivity index (χ0v) is 11.7. The number of ether oxygens (including phenoxy) is 1. The van der Waals surface area contributed by atoms with E-state index in [4.69, 9.17) is 4.74 Å². The summed E-state index contributed by atoms with van der Waals surface area (Å²) in [6.45, 7) is 0.690. The first-order valence-electron chi connectivity index (χ1n) is 7.21. The van der Waals surface area contributed by atoms with Gasteiger partial charge in [-0.25, -0.2) is 0 Å². The third-order valence-corrected chi connectivity index (χ3v) is 3.86. The van der Waals surface area contributed by atoms with Crippen molar-refractivity contribution in [2.75, 3.05) is 13.7 Å². The van der Waals surface area contributed by atoms with E-state index in [0.717, 1.165) is 30.6 Å². The Balaban J connectivity index is 1.78. The minimum absolute atomic E-state index is 0.231. The fourth-order valence-corrected chi connectivity index (χ4v) is 2.74. The molecule has 1 aliphatic rings. The highest BCUT2D eigenvalue weighted by Crippen LogP contribution is 2.23. The third kappa shape index (κ3) is 3.98. The summed E-state index contributed by atoms with van der Waals surface area (Å²) >= 11 is 0. The molecule has 19 heavy (non-hydrogen) atoms. The van der Waals surface area contributed by atoms with E-state index in [1.807, 2.05) is 24.3 Å². The molecule has 0 heterocycles. The molecule has 1 N–H and O–H groups in total. The van der Waals surface area contributed by atoms with Crippen LogP contribution in [0.15, 0.2) is 24.3 Å². The molecule has 2 rings (SSSR count). The molecule has 3 nitrogen and oxygen atoms in total. The Kier molecular flexibility index (Phi) is 5.25. The SMILES string of the molecule is COc1ccccc1CCNC(=O)C1CCCCC1. The van der Waals surface area contributed by atoms with Crippen molar-refractivity contribution in [3.63, 3.8) is 0 Å². The monoisotopic (exact) mass is 261 g/mol. The van der Waals surface area contributed by atoms with Gasteiger partial charge >= 0.3 is 0 Å². The van der Waals surface area contributed by atoms with Crippen LogP contribution in [-0.2, 0) is 11.2 Å². The molecule has 0 aromatic heterocycles. The Morgan fingerprint density at radius 2 is 2.00 bits per heavy atom. The van der Waals surface area contributed by atoms with Gasteiger partial charge in [-0.3, -0.25) is 4.79 Å². The predicted molar refractivity (Wildman–Crippen MR) is 76.3 cm³/mol. The summed E-state index contributed by atoms with van der Waals surface area (Å²) in [6.07, 6.45) is 6.61. The van der Waals surface area contributed by atoms with Crippen LogP contribution in [0.3, 0.4) is 0 Å². The van der Waals surface area contributed by atoms with Crippen LogP contribution in [-0.4, -0.2) is 19.6 Å². The second-order valence-corrected chi connectivity index (χ2v) is 5.19. The van der Waals surface area contributed by atoms with Crippen LogP contribution in [0, 0.1) is 5.92 Å². The molecule has 0 atom stereocenters. The number of hydrogen-bond donors (Lipinski definition) is 1. The first-order valence-corrected chi connectivity index (χ1v) is 7.21. The number of hydrogen-bond acceptors (Lipinski definition) is 2. The molecule has 1 amide bonds. The number of methoxy groups -OCH3 is 1. The number of rotatable bonds is 5. The lowest BCUT2D eigenvalue weighted by molar-refractivity contribution is -0.125. The van der Waals surface area contributed by atoms with Gasteiger partial charge in [0, 0.05) is 12.5 Å².